The van der Waals surface area contributed by atoms with Crippen LogP contribution in [0.5, 0.6) is 11.5 Å². The van der Waals surface area contributed by atoms with E-state index in [1.807, 2.05) is 45.0 Å². The largest absolute Gasteiger partial charge is 0.493 e. The molecule has 0 aliphatic carbocycles. The van der Waals surface area contributed by atoms with Gasteiger partial charge < -0.3 is 20.1 Å². The van der Waals surface area contributed by atoms with Gasteiger partial charge in [-0.3, -0.25) is 14.5 Å². The van der Waals surface area contributed by atoms with Crippen molar-refractivity contribution in [1.29, 1.82) is 0 Å². The van der Waals surface area contributed by atoms with E-state index in [0.29, 0.717) is 34.8 Å². The molecule has 1 aliphatic rings. The van der Waals surface area contributed by atoms with E-state index in [-0.39, 0.29) is 18.4 Å². The number of benzene rings is 2. The molecule has 168 valence electrons. The quantitative estimate of drug-likeness (QED) is 0.468. The van der Waals surface area contributed by atoms with E-state index in [1.54, 1.807) is 29.2 Å². The second-order valence-corrected chi connectivity index (χ2v) is 8.25. The van der Waals surface area contributed by atoms with Crippen LogP contribution in [0.25, 0.3) is 6.08 Å². The fraction of sp³-hybridized carbons (Fsp3) is 0.292. The summed E-state index contributed by atoms with van der Waals surface area (Å²) in [6, 6.07) is 12.8. The van der Waals surface area contributed by atoms with Crippen LogP contribution in [0.3, 0.4) is 0 Å². The van der Waals surface area contributed by atoms with Gasteiger partial charge in [-0.1, -0.05) is 38.1 Å². The molecule has 0 unspecified atom stereocenters. The first-order valence-corrected chi connectivity index (χ1v) is 10.7. The van der Waals surface area contributed by atoms with Crippen LogP contribution >= 0.6 is 12.2 Å². The lowest BCUT2D eigenvalue weighted by atomic mass is 10.1. The normalized spacial score (nSPS) is 14.7. The van der Waals surface area contributed by atoms with Gasteiger partial charge in [-0.05, 0) is 60.5 Å². The predicted molar refractivity (Wildman–Crippen MR) is 129 cm³/mol. The zero-order valence-corrected chi connectivity index (χ0v) is 19.4. The highest BCUT2D eigenvalue weighted by Gasteiger charge is 2.30. The van der Waals surface area contributed by atoms with Gasteiger partial charge in [0.1, 0.15) is 5.70 Å². The van der Waals surface area contributed by atoms with Crippen molar-refractivity contribution >= 4 is 40.9 Å². The molecule has 0 aromatic heterocycles. The van der Waals surface area contributed by atoms with Crippen LogP contribution in [-0.2, 0) is 9.59 Å². The Hall–Kier alpha value is -3.39. The van der Waals surface area contributed by atoms with Crippen LogP contribution in [-0.4, -0.2) is 42.1 Å². The molecular weight excluding hydrogens is 426 g/mol. The number of hydrogen-bond acceptors (Lipinski definition) is 5. The molecule has 2 amide bonds. The lowest BCUT2D eigenvalue weighted by molar-refractivity contribution is -0.122. The summed E-state index contributed by atoms with van der Waals surface area (Å²) in [6.45, 7) is 6.38. The number of aryl methyl sites for hydroxylation is 1. The average Bonchev–Trinajstić information content (AvgIpc) is 3.01. The molecule has 2 aromatic rings. The van der Waals surface area contributed by atoms with Gasteiger partial charge in [0.05, 0.1) is 7.11 Å². The van der Waals surface area contributed by atoms with E-state index < -0.39 is 0 Å². The Bertz CT molecular complexity index is 1060. The van der Waals surface area contributed by atoms with Gasteiger partial charge in [0.25, 0.3) is 11.8 Å². The topological polar surface area (TPSA) is 79.9 Å². The van der Waals surface area contributed by atoms with Gasteiger partial charge in [-0.15, -0.1) is 0 Å². The molecule has 1 saturated heterocycles. The Morgan fingerprint density at radius 2 is 1.97 bits per heavy atom. The third-order valence-electron chi connectivity index (χ3n) is 4.79. The summed E-state index contributed by atoms with van der Waals surface area (Å²) in [4.78, 5) is 26.5. The molecule has 3 rings (SSSR count). The number of rotatable bonds is 8. The molecule has 1 aliphatic heterocycles. The highest BCUT2D eigenvalue weighted by molar-refractivity contribution is 7.80. The second kappa shape index (κ2) is 10.3. The number of nitrogens with one attached hydrogen (secondary N) is 2. The predicted octanol–water partition coefficient (Wildman–Crippen LogP) is 3.73. The number of methoxy groups -OCH3 is 1. The van der Waals surface area contributed by atoms with E-state index in [2.05, 4.69) is 10.6 Å². The lowest BCUT2D eigenvalue weighted by Crippen LogP contribution is -2.33. The van der Waals surface area contributed by atoms with Gasteiger partial charge in [-0.25, -0.2) is 0 Å². The van der Waals surface area contributed by atoms with Crippen LogP contribution in [0.1, 0.15) is 25.0 Å². The Kier molecular flexibility index (Phi) is 7.48. The van der Waals surface area contributed by atoms with Gasteiger partial charge in [0, 0.05) is 12.2 Å². The molecule has 7 nitrogen and oxygen atoms in total. The van der Waals surface area contributed by atoms with Crippen molar-refractivity contribution in [3.05, 3.63) is 59.3 Å². The van der Waals surface area contributed by atoms with Crippen molar-refractivity contribution in [3.63, 3.8) is 0 Å². The van der Waals surface area contributed by atoms with Crippen LogP contribution < -0.4 is 20.1 Å². The fourth-order valence-electron chi connectivity index (χ4n) is 3.21. The monoisotopic (exact) mass is 453 g/mol. The summed E-state index contributed by atoms with van der Waals surface area (Å²) in [5.41, 5.74) is 2.86. The second-order valence-electron chi connectivity index (χ2n) is 7.86. The maximum Gasteiger partial charge on any atom is 0.276 e. The van der Waals surface area contributed by atoms with Crippen molar-refractivity contribution in [2.75, 3.05) is 25.6 Å². The molecule has 32 heavy (non-hydrogen) atoms. The molecule has 1 fully saturated rings. The Morgan fingerprint density at radius 1 is 1.22 bits per heavy atom. The molecule has 8 heteroatoms. The van der Waals surface area contributed by atoms with E-state index in [1.165, 1.54) is 7.11 Å². The van der Waals surface area contributed by atoms with E-state index in [4.69, 9.17) is 21.7 Å². The molecular formula is C24H27N3O4S. The molecule has 0 bridgehead atoms. The first-order chi connectivity index (χ1) is 15.3. The van der Waals surface area contributed by atoms with Gasteiger partial charge in [-0.2, -0.15) is 0 Å². The Morgan fingerprint density at radius 3 is 2.66 bits per heavy atom. The van der Waals surface area contributed by atoms with E-state index in [0.717, 1.165) is 16.8 Å². The summed E-state index contributed by atoms with van der Waals surface area (Å²) in [7, 11) is 1.52. The summed E-state index contributed by atoms with van der Waals surface area (Å²) < 4.78 is 11.1. The minimum Gasteiger partial charge on any atom is -0.493 e. The van der Waals surface area contributed by atoms with Crippen molar-refractivity contribution in [3.8, 4) is 11.5 Å². The number of amides is 2. The number of carbonyl (C=O) groups is 2. The van der Waals surface area contributed by atoms with Crippen LogP contribution in [0.4, 0.5) is 5.69 Å². The molecule has 2 N–H and O–H groups in total. The molecule has 0 radical (unpaired) electrons. The van der Waals surface area contributed by atoms with Crippen molar-refractivity contribution in [2.45, 2.75) is 20.8 Å². The first kappa shape index (κ1) is 23.3. The van der Waals surface area contributed by atoms with Crippen molar-refractivity contribution in [2.24, 2.45) is 5.92 Å². The summed E-state index contributed by atoms with van der Waals surface area (Å²) in [5, 5.41) is 6.20. The minimum absolute atomic E-state index is 0.157. The number of nitrogens with zero attached hydrogens (tertiary/aromatic N) is 1. The van der Waals surface area contributed by atoms with Crippen molar-refractivity contribution in [1.82, 2.24) is 10.2 Å². The van der Waals surface area contributed by atoms with E-state index >= 15 is 0 Å². The zero-order chi connectivity index (χ0) is 23.3. The maximum atomic E-state index is 12.6. The van der Waals surface area contributed by atoms with Crippen LogP contribution in [0.15, 0.2) is 48.2 Å². The molecule has 0 atom stereocenters. The standard InChI is InChI=1S/C24H27N3O4S/c1-15(2)13-27-23(29)19(26-24(27)32)11-17-9-10-20(21(12-17)30-4)31-14-22(28)25-18-8-6-5-7-16(18)3/h5-12,15H,13-14H2,1-4H3,(H,25,28)(H,26,32)/b19-11+. The first-order valence-electron chi connectivity index (χ1n) is 10.3. The number of carbonyl (C=O) groups excluding carboxylic acids is 2. The van der Waals surface area contributed by atoms with Gasteiger partial charge >= 0.3 is 0 Å². The number of para-hydroxylation sites is 1. The molecule has 0 saturated carbocycles. The fourth-order valence-corrected chi connectivity index (χ4v) is 3.47. The summed E-state index contributed by atoms with van der Waals surface area (Å²) >= 11 is 5.28. The average molecular weight is 454 g/mol. The maximum absolute atomic E-state index is 12.6. The summed E-state index contributed by atoms with van der Waals surface area (Å²) in [5.74, 6) is 0.757. The van der Waals surface area contributed by atoms with Crippen LogP contribution in [0, 0.1) is 12.8 Å². The number of ether oxygens (including phenoxy) is 2. The highest BCUT2D eigenvalue weighted by atomic mass is 32.1. The van der Waals surface area contributed by atoms with E-state index in [9.17, 15) is 9.59 Å². The highest BCUT2D eigenvalue weighted by Crippen LogP contribution is 2.29. The van der Waals surface area contributed by atoms with Crippen molar-refractivity contribution < 1.29 is 19.1 Å². The van der Waals surface area contributed by atoms with Crippen LogP contribution in [0.2, 0.25) is 0 Å². The molecule has 2 aromatic carbocycles. The minimum atomic E-state index is -0.271. The smallest absolute Gasteiger partial charge is 0.276 e. The summed E-state index contributed by atoms with van der Waals surface area (Å²) in [6.07, 6.45) is 1.71. The third-order valence-corrected chi connectivity index (χ3v) is 5.11. The SMILES string of the molecule is COc1cc(/C=C2/NC(=S)N(CC(C)C)C2=O)ccc1OCC(=O)Nc1ccccc1C. The zero-order valence-electron chi connectivity index (χ0n) is 18.6. The Balaban J connectivity index is 1.68. The third kappa shape index (κ3) is 5.64. The number of thiocarbonyl (C=S) groups is 1. The lowest BCUT2D eigenvalue weighted by Gasteiger charge is -2.16. The number of anilines is 1. The molecule has 1 heterocycles. The Labute approximate surface area is 193 Å². The van der Waals surface area contributed by atoms with Gasteiger partial charge in [0.2, 0.25) is 0 Å². The number of hydrogen-bond donors (Lipinski definition) is 2. The van der Waals surface area contributed by atoms with Gasteiger partial charge in [0.15, 0.2) is 23.2 Å². The molecule has 0 spiro atoms.